The number of hydrogen-bond acceptors (Lipinski definition) is 2. The van der Waals surface area contributed by atoms with E-state index in [0.29, 0.717) is 6.54 Å². The molecule has 0 bridgehead atoms. The molecule has 14 heavy (non-hydrogen) atoms. The number of primary amides is 1. The Labute approximate surface area is 87.6 Å². The lowest BCUT2D eigenvalue weighted by Gasteiger charge is -2.19. The van der Waals surface area contributed by atoms with Crippen molar-refractivity contribution in [1.29, 1.82) is 0 Å². The summed E-state index contributed by atoms with van der Waals surface area (Å²) in [6.07, 6.45) is 6.07. The van der Waals surface area contributed by atoms with Gasteiger partial charge in [-0.2, -0.15) is 0 Å². The molecule has 0 aliphatic carbocycles. The fourth-order valence-electron chi connectivity index (χ4n) is 1.57. The summed E-state index contributed by atoms with van der Waals surface area (Å²) in [6.45, 7) is 6.74. The third-order valence-electron chi connectivity index (χ3n) is 2.25. The molecule has 0 unspecified atom stereocenters. The van der Waals surface area contributed by atoms with E-state index in [0.717, 1.165) is 19.5 Å². The summed E-state index contributed by atoms with van der Waals surface area (Å²) in [5.41, 5.74) is 5.17. The average Bonchev–Trinajstić information content (AvgIpc) is 2.12. The van der Waals surface area contributed by atoms with Crippen LogP contribution in [0.1, 0.15) is 46.0 Å². The molecule has 2 N–H and O–H groups in total. The highest BCUT2D eigenvalue weighted by Gasteiger charge is 2.05. The van der Waals surface area contributed by atoms with Gasteiger partial charge in [0.25, 0.3) is 0 Å². The SMILES string of the molecule is CCCCCCN(CCC)CC(N)=O. The first-order valence-electron chi connectivity index (χ1n) is 5.71. The zero-order valence-corrected chi connectivity index (χ0v) is 9.59. The van der Waals surface area contributed by atoms with Gasteiger partial charge in [-0.1, -0.05) is 33.1 Å². The van der Waals surface area contributed by atoms with Crippen molar-refractivity contribution in [1.82, 2.24) is 4.90 Å². The monoisotopic (exact) mass is 200 g/mol. The molecule has 0 aliphatic heterocycles. The third-order valence-corrected chi connectivity index (χ3v) is 2.25. The van der Waals surface area contributed by atoms with Crippen molar-refractivity contribution in [2.24, 2.45) is 5.73 Å². The minimum Gasteiger partial charge on any atom is -0.369 e. The average molecular weight is 200 g/mol. The Kier molecular flexibility index (Phi) is 8.64. The predicted octanol–water partition coefficient (Wildman–Crippen LogP) is 1.76. The summed E-state index contributed by atoms with van der Waals surface area (Å²) >= 11 is 0. The topological polar surface area (TPSA) is 46.3 Å². The molecule has 3 heteroatoms. The molecule has 0 saturated heterocycles. The maximum atomic E-state index is 10.8. The maximum Gasteiger partial charge on any atom is 0.231 e. The highest BCUT2D eigenvalue weighted by Crippen LogP contribution is 2.01. The number of carbonyl (C=O) groups is 1. The Morgan fingerprint density at radius 3 is 2.29 bits per heavy atom. The molecule has 0 aliphatic rings. The van der Waals surface area contributed by atoms with Crippen molar-refractivity contribution in [3.05, 3.63) is 0 Å². The van der Waals surface area contributed by atoms with Gasteiger partial charge < -0.3 is 5.73 Å². The molecule has 0 fully saturated rings. The zero-order valence-electron chi connectivity index (χ0n) is 9.59. The van der Waals surface area contributed by atoms with Gasteiger partial charge in [0.2, 0.25) is 5.91 Å². The lowest BCUT2D eigenvalue weighted by Crippen LogP contribution is -2.35. The van der Waals surface area contributed by atoms with E-state index < -0.39 is 0 Å². The highest BCUT2D eigenvalue weighted by molar-refractivity contribution is 5.75. The number of nitrogens with zero attached hydrogens (tertiary/aromatic N) is 1. The molecule has 1 amide bonds. The molecule has 0 radical (unpaired) electrons. The largest absolute Gasteiger partial charge is 0.369 e. The van der Waals surface area contributed by atoms with Crippen LogP contribution in [0.2, 0.25) is 0 Å². The van der Waals surface area contributed by atoms with E-state index in [1.54, 1.807) is 0 Å². The van der Waals surface area contributed by atoms with Crippen LogP contribution in [0.15, 0.2) is 0 Å². The van der Waals surface area contributed by atoms with Gasteiger partial charge in [0.15, 0.2) is 0 Å². The van der Waals surface area contributed by atoms with Crippen molar-refractivity contribution < 1.29 is 4.79 Å². The molecular weight excluding hydrogens is 176 g/mol. The van der Waals surface area contributed by atoms with Crippen LogP contribution in [0.25, 0.3) is 0 Å². The number of amides is 1. The maximum absolute atomic E-state index is 10.8. The van der Waals surface area contributed by atoms with E-state index in [2.05, 4.69) is 18.7 Å². The molecule has 0 atom stereocenters. The quantitative estimate of drug-likeness (QED) is 0.576. The second kappa shape index (κ2) is 9.00. The number of carbonyl (C=O) groups excluding carboxylic acids is 1. The summed E-state index contributed by atoms with van der Waals surface area (Å²) in [5.74, 6) is -0.214. The highest BCUT2D eigenvalue weighted by atomic mass is 16.1. The Morgan fingerprint density at radius 2 is 1.79 bits per heavy atom. The second-order valence-electron chi connectivity index (χ2n) is 3.80. The van der Waals surface area contributed by atoms with Gasteiger partial charge in [0, 0.05) is 0 Å². The van der Waals surface area contributed by atoms with Crippen LogP contribution in [0.3, 0.4) is 0 Å². The lowest BCUT2D eigenvalue weighted by atomic mass is 10.2. The second-order valence-corrected chi connectivity index (χ2v) is 3.80. The molecule has 0 rings (SSSR count). The van der Waals surface area contributed by atoms with Gasteiger partial charge in [0.1, 0.15) is 0 Å². The molecule has 0 saturated carbocycles. The first-order valence-corrected chi connectivity index (χ1v) is 5.71. The van der Waals surface area contributed by atoms with Gasteiger partial charge in [0.05, 0.1) is 6.54 Å². The summed E-state index contributed by atoms with van der Waals surface area (Å²) in [6, 6.07) is 0. The molecule has 0 aromatic rings. The Morgan fingerprint density at radius 1 is 1.07 bits per heavy atom. The Balaban J connectivity index is 3.56. The summed E-state index contributed by atoms with van der Waals surface area (Å²) in [5, 5.41) is 0. The normalized spacial score (nSPS) is 10.8. The van der Waals surface area contributed by atoms with E-state index in [1.165, 1.54) is 25.7 Å². The number of unbranched alkanes of at least 4 members (excludes halogenated alkanes) is 3. The van der Waals surface area contributed by atoms with E-state index in [4.69, 9.17) is 5.73 Å². The van der Waals surface area contributed by atoms with Crippen LogP contribution in [0.5, 0.6) is 0 Å². The minimum absolute atomic E-state index is 0.214. The molecule has 0 spiro atoms. The zero-order chi connectivity index (χ0) is 10.8. The molecular formula is C11H24N2O. The van der Waals surface area contributed by atoms with Crippen LogP contribution in [-0.4, -0.2) is 30.4 Å². The van der Waals surface area contributed by atoms with E-state index >= 15 is 0 Å². The van der Waals surface area contributed by atoms with E-state index in [-0.39, 0.29) is 5.91 Å². The van der Waals surface area contributed by atoms with Gasteiger partial charge in [-0.3, -0.25) is 9.69 Å². The van der Waals surface area contributed by atoms with Crippen LogP contribution in [0.4, 0.5) is 0 Å². The van der Waals surface area contributed by atoms with E-state index in [9.17, 15) is 4.79 Å². The Hall–Kier alpha value is -0.570. The van der Waals surface area contributed by atoms with Crippen molar-refractivity contribution in [3.8, 4) is 0 Å². The summed E-state index contributed by atoms with van der Waals surface area (Å²) in [4.78, 5) is 12.9. The van der Waals surface area contributed by atoms with Crippen LogP contribution < -0.4 is 5.73 Å². The van der Waals surface area contributed by atoms with Crippen LogP contribution >= 0.6 is 0 Å². The molecule has 84 valence electrons. The Bertz CT molecular complexity index is 148. The minimum atomic E-state index is -0.214. The van der Waals surface area contributed by atoms with Crippen LogP contribution in [0, 0.1) is 0 Å². The smallest absolute Gasteiger partial charge is 0.231 e. The fourth-order valence-corrected chi connectivity index (χ4v) is 1.57. The van der Waals surface area contributed by atoms with Crippen molar-refractivity contribution in [2.75, 3.05) is 19.6 Å². The number of rotatable bonds is 9. The van der Waals surface area contributed by atoms with Crippen molar-refractivity contribution in [3.63, 3.8) is 0 Å². The van der Waals surface area contributed by atoms with Gasteiger partial charge in [-0.15, -0.1) is 0 Å². The molecule has 0 heterocycles. The number of nitrogens with two attached hydrogens (primary N) is 1. The fraction of sp³-hybridized carbons (Fsp3) is 0.909. The van der Waals surface area contributed by atoms with Gasteiger partial charge >= 0.3 is 0 Å². The standard InChI is InChI=1S/C11H24N2O/c1-3-5-6-7-9-13(8-4-2)10-11(12)14/h3-10H2,1-2H3,(H2,12,14). The van der Waals surface area contributed by atoms with Gasteiger partial charge in [-0.05, 0) is 25.9 Å². The molecule has 0 aromatic heterocycles. The first kappa shape index (κ1) is 13.4. The third kappa shape index (κ3) is 8.05. The van der Waals surface area contributed by atoms with E-state index in [1.807, 2.05) is 0 Å². The summed E-state index contributed by atoms with van der Waals surface area (Å²) in [7, 11) is 0. The van der Waals surface area contributed by atoms with Gasteiger partial charge in [-0.25, -0.2) is 0 Å². The molecule has 3 nitrogen and oxygen atoms in total. The molecule has 0 aromatic carbocycles. The first-order chi connectivity index (χ1) is 6.70. The van der Waals surface area contributed by atoms with Crippen molar-refractivity contribution in [2.45, 2.75) is 46.0 Å². The van der Waals surface area contributed by atoms with Crippen LogP contribution in [-0.2, 0) is 4.79 Å². The number of hydrogen-bond donors (Lipinski definition) is 1. The summed E-state index contributed by atoms with van der Waals surface area (Å²) < 4.78 is 0. The van der Waals surface area contributed by atoms with Crippen molar-refractivity contribution >= 4 is 5.91 Å². The lowest BCUT2D eigenvalue weighted by molar-refractivity contribution is -0.119. The predicted molar refractivity (Wildman–Crippen MR) is 60.1 cm³/mol.